The van der Waals surface area contributed by atoms with Crippen molar-refractivity contribution in [2.24, 2.45) is 0 Å². The van der Waals surface area contributed by atoms with E-state index >= 15 is 0 Å². The van der Waals surface area contributed by atoms with Gasteiger partial charge in [-0.1, -0.05) is 13.0 Å². The number of carbonyl (C=O) groups is 2. The molecule has 1 aromatic heterocycles. The Labute approximate surface area is 99.0 Å². The van der Waals surface area contributed by atoms with Gasteiger partial charge in [-0.05, 0) is 24.8 Å². The van der Waals surface area contributed by atoms with Crippen molar-refractivity contribution in [3.8, 4) is 0 Å². The van der Waals surface area contributed by atoms with Crippen LogP contribution in [0.1, 0.15) is 25.1 Å². The zero-order chi connectivity index (χ0) is 12.0. The summed E-state index contributed by atoms with van der Waals surface area (Å²) in [5.41, 5.74) is 0. The number of carbonyl (C=O) groups excluding carboxylic acids is 2. The van der Waals surface area contributed by atoms with Crippen LogP contribution in [-0.4, -0.2) is 17.9 Å². The number of nitrogens with one attached hydrogen (secondary N) is 2. The third-order valence-corrected chi connectivity index (χ3v) is 3.08. The van der Waals surface area contributed by atoms with Crippen molar-refractivity contribution in [1.82, 2.24) is 10.6 Å². The van der Waals surface area contributed by atoms with Crippen LogP contribution in [0.15, 0.2) is 17.5 Å². The Balaban J connectivity index is 2.32. The summed E-state index contributed by atoms with van der Waals surface area (Å²) in [5.74, 6) is -1.14. The zero-order valence-electron chi connectivity index (χ0n) is 9.45. The van der Waals surface area contributed by atoms with Crippen LogP contribution < -0.4 is 10.6 Å². The van der Waals surface area contributed by atoms with Crippen LogP contribution in [0.2, 0.25) is 0 Å². The highest BCUT2D eigenvalue weighted by Gasteiger charge is 2.14. The fourth-order valence-corrected chi connectivity index (χ4v) is 1.70. The number of hydrogen-bond acceptors (Lipinski definition) is 3. The molecule has 0 aliphatic heterocycles. The zero-order valence-corrected chi connectivity index (χ0v) is 10.3. The van der Waals surface area contributed by atoms with Gasteiger partial charge in [-0.15, -0.1) is 11.3 Å². The lowest BCUT2D eigenvalue weighted by Crippen LogP contribution is -2.43. The molecule has 0 unspecified atom stereocenters. The van der Waals surface area contributed by atoms with E-state index in [9.17, 15) is 9.59 Å². The van der Waals surface area contributed by atoms with Crippen molar-refractivity contribution in [2.45, 2.75) is 32.9 Å². The summed E-state index contributed by atoms with van der Waals surface area (Å²) in [5, 5.41) is 7.12. The highest BCUT2D eigenvalue weighted by molar-refractivity contribution is 7.09. The maximum absolute atomic E-state index is 11.4. The second-order valence-electron chi connectivity index (χ2n) is 3.54. The lowest BCUT2D eigenvalue weighted by atomic mass is 10.2. The number of amides is 2. The van der Waals surface area contributed by atoms with Gasteiger partial charge in [0.25, 0.3) is 0 Å². The van der Waals surface area contributed by atoms with E-state index in [0.29, 0.717) is 6.54 Å². The van der Waals surface area contributed by atoms with Crippen LogP contribution in [0.3, 0.4) is 0 Å². The molecule has 0 aromatic carbocycles. The van der Waals surface area contributed by atoms with Crippen molar-refractivity contribution in [3.05, 3.63) is 22.4 Å². The van der Waals surface area contributed by atoms with E-state index in [1.54, 1.807) is 11.3 Å². The Morgan fingerprint density at radius 2 is 2.19 bits per heavy atom. The van der Waals surface area contributed by atoms with Gasteiger partial charge in [0.15, 0.2) is 0 Å². The summed E-state index contributed by atoms with van der Waals surface area (Å²) in [6, 6.07) is 3.85. The molecule has 0 aliphatic carbocycles. The molecule has 2 amide bonds. The Bertz CT molecular complexity index is 349. The molecule has 0 fully saturated rings. The Morgan fingerprint density at radius 3 is 2.75 bits per heavy atom. The third-order valence-electron chi connectivity index (χ3n) is 2.20. The van der Waals surface area contributed by atoms with Crippen LogP contribution in [0.25, 0.3) is 0 Å². The number of thiophene rings is 1. The van der Waals surface area contributed by atoms with Gasteiger partial charge >= 0.3 is 11.8 Å². The molecule has 0 bridgehead atoms. The molecule has 0 saturated heterocycles. The third kappa shape index (κ3) is 4.02. The van der Waals surface area contributed by atoms with E-state index in [1.165, 1.54) is 0 Å². The molecule has 0 saturated carbocycles. The molecule has 4 nitrogen and oxygen atoms in total. The molecule has 0 radical (unpaired) electrons. The summed E-state index contributed by atoms with van der Waals surface area (Å²) >= 11 is 1.55. The molecular weight excluding hydrogens is 224 g/mol. The van der Waals surface area contributed by atoms with Crippen molar-refractivity contribution >= 4 is 23.2 Å². The van der Waals surface area contributed by atoms with Gasteiger partial charge in [-0.25, -0.2) is 0 Å². The number of hydrogen-bond donors (Lipinski definition) is 2. The fraction of sp³-hybridized carbons (Fsp3) is 0.455. The lowest BCUT2D eigenvalue weighted by molar-refractivity contribution is -0.139. The van der Waals surface area contributed by atoms with Gasteiger partial charge in [0, 0.05) is 10.9 Å². The van der Waals surface area contributed by atoms with Crippen LogP contribution in [-0.2, 0) is 16.1 Å². The van der Waals surface area contributed by atoms with Gasteiger partial charge in [0.05, 0.1) is 6.54 Å². The maximum Gasteiger partial charge on any atom is 0.309 e. The van der Waals surface area contributed by atoms with Crippen molar-refractivity contribution < 1.29 is 9.59 Å². The van der Waals surface area contributed by atoms with Crippen LogP contribution in [0, 0.1) is 0 Å². The Kier molecular flexibility index (Phi) is 4.98. The summed E-state index contributed by atoms with van der Waals surface area (Å²) in [7, 11) is 0. The van der Waals surface area contributed by atoms with Crippen molar-refractivity contribution in [1.29, 1.82) is 0 Å². The normalized spacial score (nSPS) is 11.9. The summed E-state index contributed by atoms with van der Waals surface area (Å²) in [6.45, 7) is 4.23. The molecule has 88 valence electrons. The lowest BCUT2D eigenvalue weighted by Gasteiger charge is -2.10. The minimum Gasteiger partial charge on any atom is -0.345 e. The highest BCUT2D eigenvalue weighted by atomic mass is 32.1. The van der Waals surface area contributed by atoms with E-state index in [1.807, 2.05) is 31.4 Å². The molecule has 5 heteroatoms. The first-order chi connectivity index (χ1) is 7.63. The molecule has 1 atom stereocenters. The summed E-state index contributed by atoms with van der Waals surface area (Å²) < 4.78 is 0. The molecule has 0 spiro atoms. The van der Waals surface area contributed by atoms with E-state index < -0.39 is 11.8 Å². The quantitative estimate of drug-likeness (QED) is 0.779. The Hall–Kier alpha value is -1.36. The van der Waals surface area contributed by atoms with Crippen LogP contribution in [0.5, 0.6) is 0 Å². The van der Waals surface area contributed by atoms with Gasteiger partial charge in [-0.3, -0.25) is 9.59 Å². The first-order valence-electron chi connectivity index (χ1n) is 5.24. The molecule has 1 heterocycles. The smallest absolute Gasteiger partial charge is 0.309 e. The molecule has 1 rings (SSSR count). The first-order valence-corrected chi connectivity index (χ1v) is 6.12. The monoisotopic (exact) mass is 240 g/mol. The topological polar surface area (TPSA) is 58.2 Å². The minimum absolute atomic E-state index is 0.0278. The molecular formula is C11H16N2O2S. The molecule has 0 aliphatic rings. The summed E-state index contributed by atoms with van der Waals surface area (Å²) in [6.07, 6.45) is 0.809. The second kappa shape index (κ2) is 6.27. The maximum atomic E-state index is 11.4. The van der Waals surface area contributed by atoms with Crippen LogP contribution >= 0.6 is 11.3 Å². The van der Waals surface area contributed by atoms with Gasteiger partial charge in [0.1, 0.15) is 0 Å². The fourth-order valence-electron chi connectivity index (χ4n) is 1.05. The molecule has 1 aromatic rings. The minimum atomic E-state index is -0.575. The van der Waals surface area contributed by atoms with Crippen molar-refractivity contribution in [2.75, 3.05) is 0 Å². The highest BCUT2D eigenvalue weighted by Crippen LogP contribution is 2.07. The average molecular weight is 240 g/mol. The molecule has 16 heavy (non-hydrogen) atoms. The predicted molar refractivity (Wildman–Crippen MR) is 64.1 cm³/mol. The first kappa shape index (κ1) is 12.7. The van der Waals surface area contributed by atoms with E-state index in [-0.39, 0.29) is 6.04 Å². The summed E-state index contributed by atoms with van der Waals surface area (Å²) in [4.78, 5) is 23.8. The molecule has 2 N–H and O–H groups in total. The second-order valence-corrected chi connectivity index (χ2v) is 4.58. The SMILES string of the molecule is CC[C@H](C)NC(=O)C(=O)NCc1cccs1. The Morgan fingerprint density at radius 1 is 1.44 bits per heavy atom. The predicted octanol–water partition coefficient (Wildman–Crippen LogP) is 1.28. The van der Waals surface area contributed by atoms with Gasteiger partial charge in [0.2, 0.25) is 0 Å². The standard InChI is InChI=1S/C11H16N2O2S/c1-3-8(2)13-11(15)10(14)12-7-9-5-4-6-16-9/h4-6,8H,3,7H2,1-2H3,(H,12,14)(H,13,15)/t8-/m0/s1. The van der Waals surface area contributed by atoms with Gasteiger partial charge in [-0.2, -0.15) is 0 Å². The van der Waals surface area contributed by atoms with E-state index in [2.05, 4.69) is 10.6 Å². The largest absolute Gasteiger partial charge is 0.345 e. The van der Waals surface area contributed by atoms with Gasteiger partial charge < -0.3 is 10.6 Å². The van der Waals surface area contributed by atoms with E-state index in [4.69, 9.17) is 0 Å². The van der Waals surface area contributed by atoms with Crippen molar-refractivity contribution in [3.63, 3.8) is 0 Å². The number of rotatable bonds is 4. The van der Waals surface area contributed by atoms with E-state index in [0.717, 1.165) is 11.3 Å². The average Bonchev–Trinajstić information content (AvgIpc) is 2.78. The van der Waals surface area contributed by atoms with Crippen LogP contribution in [0.4, 0.5) is 0 Å².